The van der Waals surface area contributed by atoms with E-state index in [1.807, 2.05) is 13.8 Å². The van der Waals surface area contributed by atoms with Gasteiger partial charge in [-0.25, -0.2) is 0 Å². The predicted molar refractivity (Wildman–Crippen MR) is 478 cm³/mol. The molecule has 0 aromatic heterocycles. The highest BCUT2D eigenvalue weighted by molar-refractivity contribution is 8.60. The maximum atomic E-state index is 10.2. The summed E-state index contributed by atoms with van der Waals surface area (Å²) >= 11 is 32.5. The van der Waals surface area contributed by atoms with Gasteiger partial charge in [0.05, 0.1) is 25.9 Å². The van der Waals surface area contributed by atoms with Gasteiger partial charge in [-0.1, -0.05) is 336 Å². The summed E-state index contributed by atoms with van der Waals surface area (Å²) in [7, 11) is 3.97. The molecule has 14 nitrogen and oxygen atoms in total. The topological polar surface area (TPSA) is 203 Å². The first-order valence-corrected chi connectivity index (χ1v) is 48.4. The van der Waals surface area contributed by atoms with Crippen molar-refractivity contribution >= 4 is 127 Å². The number of rotatable bonds is 60. The molecule has 3 unspecified atom stereocenters. The average molecular weight is 1650 g/mol. The van der Waals surface area contributed by atoms with Crippen LogP contribution in [-0.4, -0.2) is 159 Å². The van der Waals surface area contributed by atoms with Crippen LogP contribution in [0.15, 0.2) is 0 Å². The summed E-state index contributed by atoms with van der Waals surface area (Å²) in [6, 6.07) is 0. The molecule has 6 N–H and O–H groups in total. The van der Waals surface area contributed by atoms with Crippen LogP contribution in [0.4, 0.5) is 0 Å². The van der Waals surface area contributed by atoms with Crippen LogP contribution >= 0.6 is 90.3 Å². The van der Waals surface area contributed by atoms with Gasteiger partial charge in [-0.2, -0.15) is 0 Å². The molecule has 0 aromatic rings. The molecule has 2 aliphatic rings. The Morgan fingerprint density at radius 1 is 0.500 bits per heavy atom. The first-order chi connectivity index (χ1) is 49.6. The zero-order valence-corrected chi connectivity index (χ0v) is 75.4. The van der Waals surface area contributed by atoms with Crippen LogP contribution in [-0.2, 0) is 49.3 Å². The van der Waals surface area contributed by atoms with Gasteiger partial charge in [0.15, 0.2) is 15.9 Å². The molecule has 2 rings (SSSR count). The minimum atomic E-state index is -2.13. The van der Waals surface area contributed by atoms with E-state index < -0.39 is 29.7 Å². The highest BCUT2D eigenvalue weighted by Gasteiger charge is 2.33. The standard InChI is InChI=1S/C18H34O3S.C15H30O3S.C15H30O2S2.C13H26S2.C12H24O2.C4H8O.C2H7O2PS2.CH4O.CH4/c1-4-5-6-7-8-9-10-11-12-13-17(22)19-14-16-15-20-18(2,3)21-16;1-2-3-4-5-6-7-8-9-10-11-15(19)18-13-14(17)12-16;1-2-3-4-5-6-7-8-9-10-11-15(18)19-13-14(17)12-16;1-3-4-5-6-7-8-9-10-11-12-13(14)15-2;1-2-3-4-5-6-7-8-9-10-11-12(13)14;1-2-4-5-3-1;1-3-5(6,7)4-2;1-2;/h16H,4-15H2,1-3H3;2*14,16-17H,2-13H2,1H3;3-12H2,1-2H3;2-11H2,1H3,(H,13,14);1-4H2;1-2H3,(H,6,7);2H,1H3;1H4. The molecular weight excluding hydrogens is 1480 g/mol. The summed E-state index contributed by atoms with van der Waals surface area (Å²) in [5.74, 6) is -0.618. The van der Waals surface area contributed by atoms with Gasteiger partial charge in [0.1, 0.15) is 25.4 Å². The highest BCUT2D eigenvalue weighted by Crippen LogP contribution is 2.51. The first kappa shape index (κ1) is 118. The molecule has 0 amide bonds. The maximum Gasteiger partial charge on any atom is 0.303 e. The monoisotopic (exact) mass is 1650 g/mol. The van der Waals surface area contributed by atoms with Gasteiger partial charge >= 0.3 is 5.97 Å². The molecule has 2 heterocycles. The molecule has 628 valence electrons. The van der Waals surface area contributed by atoms with E-state index in [2.05, 4.69) is 74.0 Å². The normalized spacial score (nSPS) is 13.8. The lowest BCUT2D eigenvalue weighted by Gasteiger charge is -2.17. The number of thiocarbonyl (C=S) groups is 4. The van der Waals surface area contributed by atoms with E-state index in [4.69, 9.17) is 98.1 Å². The van der Waals surface area contributed by atoms with Crippen LogP contribution in [0.1, 0.15) is 390 Å². The van der Waals surface area contributed by atoms with Crippen molar-refractivity contribution in [1.82, 2.24) is 0 Å². The van der Waals surface area contributed by atoms with Crippen molar-refractivity contribution in [1.29, 1.82) is 0 Å². The number of aliphatic carboxylic acids is 1. The molecule has 104 heavy (non-hydrogen) atoms. The largest absolute Gasteiger partial charge is 0.484 e. The molecule has 0 saturated carbocycles. The zero-order valence-electron chi connectivity index (χ0n) is 67.9. The number of thioether (sulfide) groups is 2. The first-order valence-electron chi connectivity index (χ1n) is 40.8. The molecule has 0 spiro atoms. The van der Waals surface area contributed by atoms with Gasteiger partial charge in [0, 0.05) is 68.0 Å². The number of aliphatic hydroxyl groups excluding tert-OH is 5. The summed E-state index contributed by atoms with van der Waals surface area (Å²) in [4.78, 5) is 10.2. The van der Waals surface area contributed by atoms with Crippen molar-refractivity contribution in [2.45, 2.75) is 414 Å². The van der Waals surface area contributed by atoms with Crippen molar-refractivity contribution in [2.75, 3.05) is 79.6 Å². The molecule has 3 atom stereocenters. The Labute approximate surface area is 683 Å². The Morgan fingerprint density at radius 2 is 0.798 bits per heavy atom. The Kier molecular flexibility index (Phi) is 111. The van der Waals surface area contributed by atoms with Crippen LogP contribution in [0.25, 0.3) is 0 Å². The fourth-order valence-electron chi connectivity index (χ4n) is 10.3. The van der Waals surface area contributed by atoms with E-state index in [0.29, 0.717) is 30.4 Å². The Bertz CT molecular complexity index is 1740. The minimum Gasteiger partial charge on any atom is -0.484 e. The fraction of sp³-hybridized carbons (Fsp3) is 0.938. The number of hydrogen-bond acceptors (Lipinski definition) is 20. The van der Waals surface area contributed by atoms with E-state index in [1.54, 1.807) is 11.8 Å². The third-order valence-corrected chi connectivity index (χ3v) is 23.2. The smallest absolute Gasteiger partial charge is 0.303 e. The van der Waals surface area contributed by atoms with Gasteiger partial charge < -0.3 is 63.4 Å². The molecule has 2 saturated heterocycles. The average Bonchev–Trinajstić information content (AvgIpc) is 1.74. The predicted octanol–water partition coefficient (Wildman–Crippen LogP) is 25.4. The number of ether oxygens (including phenoxy) is 5. The molecular formula is C81H167O14PS8. The van der Waals surface area contributed by atoms with Crippen molar-refractivity contribution in [2.24, 2.45) is 0 Å². The van der Waals surface area contributed by atoms with E-state index in [1.165, 1.54) is 300 Å². The summed E-state index contributed by atoms with van der Waals surface area (Å²) in [5.41, 5.74) is -2.13. The summed E-state index contributed by atoms with van der Waals surface area (Å²) < 4.78 is 38.4. The summed E-state index contributed by atoms with van der Waals surface area (Å²) in [6.45, 7) is 17.9. The molecule has 0 aliphatic carbocycles. The number of carboxylic acids is 1. The van der Waals surface area contributed by atoms with Crippen molar-refractivity contribution in [3.05, 3.63) is 0 Å². The van der Waals surface area contributed by atoms with Gasteiger partial charge in [0.2, 0.25) is 5.69 Å². The van der Waals surface area contributed by atoms with E-state index in [0.717, 1.165) is 87.4 Å². The van der Waals surface area contributed by atoms with Crippen molar-refractivity contribution in [3.8, 4) is 0 Å². The number of thiol groups is 1. The number of carboxylic acid groups (broad SMARTS) is 1. The lowest BCUT2D eigenvalue weighted by atomic mass is 10.1. The zero-order chi connectivity index (χ0) is 78.4. The third-order valence-electron chi connectivity index (χ3n) is 16.7. The second-order valence-corrected chi connectivity index (χ2v) is 37.1. The maximum absolute atomic E-state index is 10.2. The quantitative estimate of drug-likeness (QED) is 0.0131. The Balaban J connectivity index is -0.000000216. The Hall–Kier alpha value is 0.730. The van der Waals surface area contributed by atoms with Crippen molar-refractivity contribution in [3.63, 3.8) is 0 Å². The molecule has 2 fully saturated rings. The van der Waals surface area contributed by atoms with Crippen LogP contribution in [0.2, 0.25) is 0 Å². The SMILES string of the molecule is C.C1CCOC1.CCCCCCCCCCCC(=O)O.CCCCCCCCCCCC(=S)OCC(O)CO.CCCCCCCCCCCC(=S)OCC1COC(C)(C)O1.CCCCCCCCCCCC(=S)SC.CCCCCCCCCCCC(=S)SCC(O)CO.CO.COP(=S)(S)OC. The number of aliphatic hydroxyl groups is 5. The van der Waals surface area contributed by atoms with Gasteiger partial charge in [-0.05, 0) is 114 Å². The van der Waals surface area contributed by atoms with Crippen molar-refractivity contribution < 1.29 is 68.2 Å². The highest BCUT2D eigenvalue weighted by atomic mass is 32.9. The van der Waals surface area contributed by atoms with Gasteiger partial charge in [-0.15, -0.1) is 23.5 Å². The lowest BCUT2D eigenvalue weighted by molar-refractivity contribution is -0.141. The van der Waals surface area contributed by atoms with Crippen LogP contribution in [0, 0.1) is 0 Å². The molecule has 0 bridgehead atoms. The second kappa shape index (κ2) is 97.9. The summed E-state index contributed by atoms with van der Waals surface area (Å²) in [6.07, 6.45) is 66.6. The lowest BCUT2D eigenvalue weighted by Crippen LogP contribution is -2.24. The fourth-order valence-corrected chi connectivity index (χ4v) is 12.5. The molecule has 2 aliphatic heterocycles. The number of carbonyl (C=O) groups is 1. The van der Waals surface area contributed by atoms with Crippen LogP contribution in [0.5, 0.6) is 0 Å². The van der Waals surface area contributed by atoms with Gasteiger partial charge in [0.25, 0.3) is 0 Å². The minimum absolute atomic E-state index is 0. The van der Waals surface area contributed by atoms with Crippen LogP contribution < -0.4 is 0 Å². The van der Waals surface area contributed by atoms with E-state index in [-0.39, 0.29) is 33.4 Å². The molecule has 23 heteroatoms. The summed E-state index contributed by atoms with van der Waals surface area (Å²) in [5, 5.41) is 52.3. The van der Waals surface area contributed by atoms with Crippen LogP contribution in [0.3, 0.4) is 0 Å². The molecule has 0 radical (unpaired) electrons. The Morgan fingerprint density at radius 3 is 1.06 bits per heavy atom. The van der Waals surface area contributed by atoms with E-state index in [9.17, 15) is 9.90 Å². The second-order valence-electron chi connectivity index (χ2n) is 27.2. The van der Waals surface area contributed by atoms with Gasteiger partial charge in [-0.3, -0.25) is 4.79 Å². The van der Waals surface area contributed by atoms with E-state index >= 15 is 0 Å². The third kappa shape index (κ3) is 109. The molecule has 0 aromatic carbocycles. The number of unbranched alkanes of at least 4 members (excludes halogenated alkanes) is 40. The number of hydrogen-bond donors (Lipinski definition) is 7.